The number of nitrogens with zero attached hydrogens (tertiary/aromatic N) is 5. The fourth-order valence-electron chi connectivity index (χ4n) is 3.27. The Morgan fingerprint density at radius 1 is 1.10 bits per heavy atom. The highest BCUT2D eigenvalue weighted by molar-refractivity contribution is 7.89. The molecule has 3 heterocycles. The van der Waals surface area contributed by atoms with Crippen LogP contribution in [0, 0.1) is 0 Å². The number of benzene rings is 1. The first-order chi connectivity index (χ1) is 13.9. The van der Waals surface area contributed by atoms with Crippen LogP contribution in [0.5, 0.6) is 0 Å². The predicted molar refractivity (Wildman–Crippen MR) is 104 cm³/mol. The molecular weight excluding hydrogens is 394 g/mol. The normalized spacial score (nSPS) is 16.0. The number of aryl methyl sites for hydroxylation is 1. The highest BCUT2D eigenvalue weighted by Crippen LogP contribution is 2.21. The van der Waals surface area contributed by atoms with Crippen molar-refractivity contribution in [2.45, 2.75) is 11.4 Å². The summed E-state index contributed by atoms with van der Waals surface area (Å²) in [6.45, 7) is 1.25. The molecule has 0 bridgehead atoms. The summed E-state index contributed by atoms with van der Waals surface area (Å²) in [5, 5.41) is 3.92. The molecule has 9 nitrogen and oxygen atoms in total. The molecule has 1 saturated heterocycles. The Hall–Kier alpha value is -2.98. The zero-order valence-corrected chi connectivity index (χ0v) is 16.7. The Morgan fingerprint density at radius 3 is 2.62 bits per heavy atom. The van der Waals surface area contributed by atoms with Crippen LogP contribution in [0.4, 0.5) is 0 Å². The van der Waals surface area contributed by atoms with Crippen molar-refractivity contribution in [2.24, 2.45) is 7.05 Å². The number of carbonyl (C=O) groups is 1. The lowest BCUT2D eigenvalue weighted by Gasteiger charge is -2.20. The van der Waals surface area contributed by atoms with Gasteiger partial charge in [0.25, 0.3) is 15.9 Å². The van der Waals surface area contributed by atoms with Crippen molar-refractivity contribution in [1.82, 2.24) is 23.9 Å². The lowest BCUT2D eigenvalue weighted by molar-refractivity contribution is 0.0754. The largest absolute Gasteiger partial charge is 0.355 e. The summed E-state index contributed by atoms with van der Waals surface area (Å²) in [6.07, 6.45) is 3.46. The third-order valence-corrected chi connectivity index (χ3v) is 6.60. The van der Waals surface area contributed by atoms with E-state index < -0.39 is 10.0 Å². The Balaban J connectivity index is 1.46. The molecule has 0 saturated carbocycles. The molecule has 1 aliphatic rings. The summed E-state index contributed by atoms with van der Waals surface area (Å²) in [7, 11) is -1.96. The number of sulfonamides is 1. The third kappa shape index (κ3) is 3.94. The van der Waals surface area contributed by atoms with Gasteiger partial charge in [-0.25, -0.2) is 13.4 Å². The average Bonchev–Trinajstić information content (AvgIpc) is 3.31. The molecule has 1 fully saturated rings. The average molecular weight is 415 g/mol. The summed E-state index contributed by atoms with van der Waals surface area (Å²) < 4.78 is 33.8. The molecule has 0 unspecified atom stereocenters. The minimum atomic E-state index is -3.68. The second-order valence-corrected chi connectivity index (χ2v) is 8.75. The van der Waals surface area contributed by atoms with E-state index >= 15 is 0 Å². The van der Waals surface area contributed by atoms with Crippen LogP contribution < -0.4 is 0 Å². The van der Waals surface area contributed by atoms with Crippen molar-refractivity contribution in [3.63, 3.8) is 0 Å². The molecule has 2 aromatic heterocycles. The minimum absolute atomic E-state index is 0.0174. The number of hydrogen-bond acceptors (Lipinski definition) is 6. The highest BCUT2D eigenvalue weighted by Gasteiger charge is 2.30. The fourth-order valence-corrected chi connectivity index (χ4v) is 4.70. The lowest BCUT2D eigenvalue weighted by Crippen LogP contribution is -2.37. The summed E-state index contributed by atoms with van der Waals surface area (Å²) in [5.74, 6) is 0.246. The molecule has 1 aromatic carbocycles. The van der Waals surface area contributed by atoms with Gasteiger partial charge < -0.3 is 14.0 Å². The first kappa shape index (κ1) is 19.3. The van der Waals surface area contributed by atoms with Gasteiger partial charge in [-0.2, -0.15) is 4.31 Å². The number of rotatable bonds is 4. The predicted octanol–water partition coefficient (Wildman–Crippen LogP) is 1.61. The Labute approximate surface area is 168 Å². The Kier molecular flexibility index (Phi) is 5.20. The van der Waals surface area contributed by atoms with Crippen LogP contribution in [0.2, 0.25) is 0 Å². The number of aromatic nitrogens is 3. The van der Waals surface area contributed by atoms with Crippen LogP contribution in [-0.2, 0) is 17.1 Å². The molecule has 1 amide bonds. The molecule has 4 rings (SSSR count). The van der Waals surface area contributed by atoms with Crippen LogP contribution >= 0.6 is 0 Å². The zero-order valence-electron chi connectivity index (χ0n) is 15.9. The maximum absolute atomic E-state index is 12.8. The van der Waals surface area contributed by atoms with E-state index in [1.807, 2.05) is 30.3 Å². The monoisotopic (exact) mass is 415 g/mol. The summed E-state index contributed by atoms with van der Waals surface area (Å²) in [6, 6.07) is 11.0. The van der Waals surface area contributed by atoms with E-state index in [9.17, 15) is 13.2 Å². The van der Waals surface area contributed by atoms with Gasteiger partial charge in [0.15, 0.2) is 16.5 Å². The van der Waals surface area contributed by atoms with Crippen molar-refractivity contribution in [2.75, 3.05) is 26.2 Å². The molecule has 152 valence electrons. The zero-order chi connectivity index (χ0) is 20.4. The van der Waals surface area contributed by atoms with E-state index in [0.717, 1.165) is 5.56 Å². The quantitative estimate of drug-likeness (QED) is 0.642. The second kappa shape index (κ2) is 7.80. The van der Waals surface area contributed by atoms with E-state index in [-0.39, 0.29) is 29.7 Å². The molecule has 0 aliphatic carbocycles. The van der Waals surface area contributed by atoms with Crippen LogP contribution in [0.1, 0.15) is 16.9 Å². The molecule has 10 heteroatoms. The number of hydrogen-bond donors (Lipinski definition) is 0. The van der Waals surface area contributed by atoms with Crippen LogP contribution in [0.25, 0.3) is 11.3 Å². The van der Waals surface area contributed by atoms with Gasteiger partial charge in [0.05, 0.1) is 6.33 Å². The minimum Gasteiger partial charge on any atom is -0.355 e. The van der Waals surface area contributed by atoms with Gasteiger partial charge in [-0.05, 0) is 6.42 Å². The molecular formula is C19H21N5O4S. The van der Waals surface area contributed by atoms with Gasteiger partial charge >= 0.3 is 0 Å². The summed E-state index contributed by atoms with van der Waals surface area (Å²) in [4.78, 5) is 18.4. The molecule has 29 heavy (non-hydrogen) atoms. The molecule has 3 aromatic rings. The summed E-state index contributed by atoms with van der Waals surface area (Å²) in [5.41, 5.74) is 1.05. The second-order valence-electron chi connectivity index (χ2n) is 6.87. The molecule has 1 aliphatic heterocycles. The van der Waals surface area contributed by atoms with Crippen molar-refractivity contribution in [3.05, 3.63) is 54.6 Å². The van der Waals surface area contributed by atoms with Crippen molar-refractivity contribution < 1.29 is 17.7 Å². The first-order valence-corrected chi connectivity index (χ1v) is 10.7. The van der Waals surface area contributed by atoms with Gasteiger partial charge in [0.1, 0.15) is 0 Å². The fraction of sp³-hybridized carbons (Fsp3) is 0.316. The number of imidazole rings is 1. The molecule has 0 N–H and O–H groups in total. The van der Waals surface area contributed by atoms with Crippen LogP contribution in [-0.4, -0.2) is 64.4 Å². The van der Waals surface area contributed by atoms with Gasteiger partial charge in [-0.15, -0.1) is 0 Å². The van der Waals surface area contributed by atoms with Crippen molar-refractivity contribution in [3.8, 4) is 11.3 Å². The van der Waals surface area contributed by atoms with Gasteiger partial charge in [-0.1, -0.05) is 35.5 Å². The third-order valence-electron chi connectivity index (χ3n) is 4.82. The first-order valence-electron chi connectivity index (χ1n) is 9.25. The SMILES string of the molecule is Cn1cnc(S(=O)(=O)N2CCCN(C(=O)c3cc(-c4ccccc4)on3)CC2)c1. The van der Waals surface area contributed by atoms with Gasteiger partial charge in [0, 0.05) is 51.1 Å². The molecule has 0 radical (unpaired) electrons. The van der Waals surface area contributed by atoms with Gasteiger partial charge in [-0.3, -0.25) is 4.79 Å². The van der Waals surface area contributed by atoms with Crippen LogP contribution in [0.15, 0.2) is 58.5 Å². The van der Waals surface area contributed by atoms with E-state index in [4.69, 9.17) is 4.52 Å². The standard InChI is InChI=1S/C19H21N5O4S/c1-22-13-18(20-14-22)29(26,27)24-9-5-8-23(10-11-24)19(25)16-12-17(28-21-16)15-6-3-2-4-7-15/h2-4,6-7,12-14H,5,8-11H2,1H3. The van der Waals surface area contributed by atoms with Crippen molar-refractivity contribution >= 4 is 15.9 Å². The van der Waals surface area contributed by atoms with E-state index in [0.29, 0.717) is 25.3 Å². The molecule has 0 spiro atoms. The Bertz CT molecular complexity index is 1110. The van der Waals surface area contributed by atoms with Crippen LogP contribution in [0.3, 0.4) is 0 Å². The lowest BCUT2D eigenvalue weighted by atomic mass is 10.1. The van der Waals surface area contributed by atoms with Crippen molar-refractivity contribution in [1.29, 1.82) is 0 Å². The summed E-state index contributed by atoms with van der Waals surface area (Å²) >= 11 is 0. The van der Waals surface area contributed by atoms with E-state index in [2.05, 4.69) is 10.1 Å². The smallest absolute Gasteiger partial charge is 0.276 e. The van der Waals surface area contributed by atoms with E-state index in [1.54, 1.807) is 22.6 Å². The maximum Gasteiger partial charge on any atom is 0.276 e. The number of carbonyl (C=O) groups excluding carboxylic acids is 1. The number of amides is 1. The van der Waals surface area contributed by atoms with E-state index in [1.165, 1.54) is 16.8 Å². The molecule has 0 atom stereocenters. The highest BCUT2D eigenvalue weighted by atomic mass is 32.2. The Morgan fingerprint density at radius 2 is 1.90 bits per heavy atom. The topological polar surface area (TPSA) is 102 Å². The van der Waals surface area contributed by atoms with Gasteiger partial charge in [0.2, 0.25) is 0 Å². The maximum atomic E-state index is 12.8.